The highest BCUT2D eigenvalue weighted by Crippen LogP contribution is 2.53. The third kappa shape index (κ3) is 2.98. The van der Waals surface area contributed by atoms with E-state index in [4.69, 9.17) is 4.74 Å². The molecule has 0 bridgehead atoms. The van der Waals surface area contributed by atoms with Gasteiger partial charge in [-0.2, -0.15) is 0 Å². The lowest BCUT2D eigenvalue weighted by molar-refractivity contribution is 0.0597. The van der Waals surface area contributed by atoms with Crippen LogP contribution in [0.1, 0.15) is 39.6 Å². The van der Waals surface area contributed by atoms with Crippen LogP contribution in [0, 0.1) is 11.3 Å². The number of carbonyl (C=O) groups excluding carboxylic acids is 2. The number of ether oxygens (including phenoxy) is 1. The lowest BCUT2D eigenvalue weighted by Gasteiger charge is -2.20. The van der Waals surface area contributed by atoms with Gasteiger partial charge < -0.3 is 4.74 Å². The zero-order chi connectivity index (χ0) is 17.4. The van der Waals surface area contributed by atoms with E-state index in [2.05, 4.69) is 6.92 Å². The maximum Gasteiger partial charge on any atom is 0.261 e. The van der Waals surface area contributed by atoms with Crippen molar-refractivity contribution in [2.24, 2.45) is 11.3 Å². The van der Waals surface area contributed by atoms with E-state index in [1.54, 1.807) is 24.3 Å². The van der Waals surface area contributed by atoms with Gasteiger partial charge in [0.2, 0.25) is 0 Å². The van der Waals surface area contributed by atoms with E-state index in [9.17, 15) is 9.59 Å². The summed E-state index contributed by atoms with van der Waals surface area (Å²) in [5.74, 6) is 0.0517. The number of carbonyl (C=O) groups is 2. The van der Waals surface area contributed by atoms with Gasteiger partial charge in [-0.25, -0.2) is 0 Å². The third-order valence-corrected chi connectivity index (χ3v) is 5.37. The SMILES string of the molecule is C[C@@]1(CN2C(=O)c3ccccc3C2=O)C[C@@H]1COCc1ccccc1. The first-order valence-electron chi connectivity index (χ1n) is 8.65. The van der Waals surface area contributed by atoms with Crippen LogP contribution in [0.2, 0.25) is 0 Å². The van der Waals surface area contributed by atoms with Crippen LogP contribution >= 0.6 is 0 Å². The summed E-state index contributed by atoms with van der Waals surface area (Å²) in [6.07, 6.45) is 0.981. The van der Waals surface area contributed by atoms with Crippen LogP contribution < -0.4 is 0 Å². The molecule has 1 fully saturated rings. The van der Waals surface area contributed by atoms with Crippen LogP contribution in [-0.2, 0) is 11.3 Å². The number of hydrogen-bond acceptors (Lipinski definition) is 3. The van der Waals surface area contributed by atoms with Crippen molar-refractivity contribution in [3.8, 4) is 0 Å². The van der Waals surface area contributed by atoms with Gasteiger partial charge in [0, 0.05) is 6.54 Å². The number of amides is 2. The molecule has 2 amide bonds. The molecule has 2 aromatic rings. The molecule has 25 heavy (non-hydrogen) atoms. The van der Waals surface area contributed by atoms with Crippen molar-refractivity contribution >= 4 is 11.8 Å². The molecule has 0 saturated heterocycles. The molecule has 2 aromatic carbocycles. The Morgan fingerprint density at radius 2 is 1.60 bits per heavy atom. The highest BCUT2D eigenvalue weighted by molar-refractivity contribution is 6.21. The molecule has 4 nitrogen and oxygen atoms in total. The predicted octanol–water partition coefficient (Wildman–Crippen LogP) is 3.53. The van der Waals surface area contributed by atoms with Crippen molar-refractivity contribution in [1.29, 1.82) is 0 Å². The standard InChI is InChI=1S/C21H21NO3/c1-21(11-16(21)13-25-12-15-7-3-2-4-8-15)14-22-19(23)17-9-5-6-10-18(17)20(22)24/h2-10,16H,11-14H2,1H3/t16-,21+/m1/s1. The summed E-state index contributed by atoms with van der Waals surface area (Å²) in [5.41, 5.74) is 2.16. The number of rotatable bonds is 6. The van der Waals surface area contributed by atoms with Crippen molar-refractivity contribution < 1.29 is 14.3 Å². The summed E-state index contributed by atoms with van der Waals surface area (Å²) in [6.45, 7) is 3.86. The first-order valence-corrected chi connectivity index (χ1v) is 8.65. The Labute approximate surface area is 147 Å². The van der Waals surface area contributed by atoms with Crippen LogP contribution in [0.25, 0.3) is 0 Å². The lowest BCUT2D eigenvalue weighted by Crippen LogP contribution is -2.35. The predicted molar refractivity (Wildman–Crippen MR) is 94.1 cm³/mol. The summed E-state index contributed by atoms with van der Waals surface area (Å²) in [5, 5.41) is 0. The van der Waals surface area contributed by atoms with E-state index in [-0.39, 0.29) is 17.2 Å². The summed E-state index contributed by atoms with van der Waals surface area (Å²) < 4.78 is 5.83. The topological polar surface area (TPSA) is 46.6 Å². The molecule has 0 radical (unpaired) electrons. The van der Waals surface area contributed by atoms with Gasteiger partial charge in [-0.15, -0.1) is 0 Å². The summed E-state index contributed by atoms with van der Waals surface area (Å²) in [4.78, 5) is 26.4. The Hall–Kier alpha value is -2.46. The normalized spacial score (nSPS) is 24.5. The number of benzene rings is 2. The Balaban J connectivity index is 1.33. The van der Waals surface area contributed by atoms with Gasteiger partial charge in [0.15, 0.2) is 0 Å². The zero-order valence-corrected chi connectivity index (χ0v) is 14.3. The lowest BCUT2D eigenvalue weighted by atomic mass is 10.1. The van der Waals surface area contributed by atoms with E-state index < -0.39 is 0 Å². The van der Waals surface area contributed by atoms with Crippen molar-refractivity contribution in [3.05, 3.63) is 71.3 Å². The molecule has 0 unspecified atom stereocenters. The van der Waals surface area contributed by atoms with Gasteiger partial charge in [0.1, 0.15) is 0 Å². The second kappa shape index (κ2) is 6.12. The van der Waals surface area contributed by atoms with Crippen molar-refractivity contribution in [2.45, 2.75) is 20.0 Å². The zero-order valence-electron chi connectivity index (χ0n) is 14.3. The van der Waals surface area contributed by atoms with E-state index in [1.807, 2.05) is 30.3 Å². The van der Waals surface area contributed by atoms with Gasteiger partial charge in [-0.05, 0) is 35.4 Å². The van der Waals surface area contributed by atoms with Crippen LogP contribution in [0.15, 0.2) is 54.6 Å². The first-order chi connectivity index (χ1) is 12.1. The molecule has 1 saturated carbocycles. The number of hydrogen-bond donors (Lipinski definition) is 0. The van der Waals surface area contributed by atoms with E-state index in [0.717, 1.165) is 12.0 Å². The highest BCUT2D eigenvalue weighted by atomic mass is 16.5. The van der Waals surface area contributed by atoms with Crippen LogP contribution in [0.3, 0.4) is 0 Å². The third-order valence-electron chi connectivity index (χ3n) is 5.37. The molecule has 4 rings (SSSR count). The molecule has 2 atom stereocenters. The maximum atomic E-state index is 12.5. The molecule has 128 valence electrons. The van der Waals surface area contributed by atoms with Crippen molar-refractivity contribution in [1.82, 2.24) is 4.90 Å². The Morgan fingerprint density at radius 1 is 1.00 bits per heavy atom. The second-order valence-electron chi connectivity index (χ2n) is 7.30. The Kier molecular flexibility index (Phi) is 3.92. The second-order valence-corrected chi connectivity index (χ2v) is 7.30. The Bertz CT molecular complexity index is 782. The fourth-order valence-corrected chi connectivity index (χ4v) is 3.59. The van der Waals surface area contributed by atoms with E-state index in [0.29, 0.717) is 36.8 Å². The highest BCUT2D eigenvalue weighted by Gasteiger charge is 2.53. The molecule has 1 aliphatic carbocycles. The first kappa shape index (κ1) is 16.0. The van der Waals surface area contributed by atoms with Crippen LogP contribution in [0.5, 0.6) is 0 Å². The molecular formula is C21H21NO3. The molecule has 1 heterocycles. The van der Waals surface area contributed by atoms with Crippen molar-refractivity contribution in [2.75, 3.05) is 13.2 Å². The minimum Gasteiger partial charge on any atom is -0.376 e. The maximum absolute atomic E-state index is 12.5. The van der Waals surface area contributed by atoms with Crippen LogP contribution in [0.4, 0.5) is 0 Å². The molecule has 0 aromatic heterocycles. The fourth-order valence-electron chi connectivity index (χ4n) is 3.59. The van der Waals surface area contributed by atoms with Gasteiger partial charge in [-0.1, -0.05) is 49.4 Å². The quantitative estimate of drug-likeness (QED) is 0.759. The molecule has 4 heteroatoms. The molecular weight excluding hydrogens is 314 g/mol. The monoisotopic (exact) mass is 335 g/mol. The average molecular weight is 335 g/mol. The van der Waals surface area contributed by atoms with Gasteiger partial charge in [0.25, 0.3) is 11.8 Å². The van der Waals surface area contributed by atoms with Crippen molar-refractivity contribution in [3.63, 3.8) is 0 Å². The van der Waals surface area contributed by atoms with Gasteiger partial charge in [-0.3, -0.25) is 14.5 Å². The summed E-state index contributed by atoms with van der Waals surface area (Å²) in [6, 6.07) is 17.1. The minimum absolute atomic E-state index is 0.0376. The van der Waals surface area contributed by atoms with Crippen LogP contribution in [-0.4, -0.2) is 29.9 Å². The van der Waals surface area contributed by atoms with Gasteiger partial charge in [0.05, 0.1) is 24.3 Å². The number of imide groups is 1. The smallest absolute Gasteiger partial charge is 0.261 e. The fraction of sp³-hybridized carbons (Fsp3) is 0.333. The van der Waals surface area contributed by atoms with E-state index >= 15 is 0 Å². The van der Waals surface area contributed by atoms with E-state index in [1.165, 1.54) is 4.90 Å². The number of fused-ring (bicyclic) bond motifs is 1. The number of nitrogens with zero attached hydrogens (tertiary/aromatic N) is 1. The van der Waals surface area contributed by atoms with Gasteiger partial charge >= 0.3 is 0 Å². The largest absolute Gasteiger partial charge is 0.376 e. The molecule has 0 N–H and O–H groups in total. The minimum atomic E-state index is -0.169. The Morgan fingerprint density at radius 3 is 2.24 bits per heavy atom. The average Bonchev–Trinajstić information content (AvgIpc) is 3.22. The summed E-state index contributed by atoms with van der Waals surface area (Å²) in [7, 11) is 0. The summed E-state index contributed by atoms with van der Waals surface area (Å²) >= 11 is 0. The molecule has 0 spiro atoms. The molecule has 1 aliphatic heterocycles. The molecule has 2 aliphatic rings.